The minimum Gasteiger partial charge on any atom is -0.378 e. The summed E-state index contributed by atoms with van der Waals surface area (Å²) in [6, 6.07) is 0.0807. The Morgan fingerprint density at radius 1 is 1.06 bits per heavy atom. The number of H-pyrrole nitrogens is 1. The Hall–Kier alpha value is -2.66. The number of ether oxygens (including phenoxy) is 1. The van der Waals surface area contributed by atoms with Crippen LogP contribution in [0.25, 0.3) is 11.2 Å². The van der Waals surface area contributed by atoms with Crippen molar-refractivity contribution in [1.82, 2.24) is 33.8 Å². The fourth-order valence-electron chi connectivity index (χ4n) is 4.21. The van der Waals surface area contributed by atoms with Crippen molar-refractivity contribution >= 4 is 17.2 Å². The highest BCUT2D eigenvalue weighted by Gasteiger charge is 2.27. The number of aromatic nitrogens is 4. The third-order valence-corrected chi connectivity index (χ3v) is 6.13. The van der Waals surface area contributed by atoms with Gasteiger partial charge in [-0.1, -0.05) is 13.3 Å². The number of carbonyl (C=O) groups is 1. The number of imidazole rings is 1. The van der Waals surface area contributed by atoms with E-state index in [1.807, 2.05) is 16.8 Å². The van der Waals surface area contributed by atoms with Gasteiger partial charge >= 0.3 is 11.7 Å². The maximum Gasteiger partial charge on any atom is 0.330 e. The normalized spacial score (nSPS) is 18.1. The fourth-order valence-corrected chi connectivity index (χ4v) is 4.21. The molecule has 0 atom stereocenters. The SMILES string of the molecule is CCCCn1c(=O)[nH]c(=O)c2c1nc(CN1CCN(C(=O)N3CCOCC3)CC1)n2C. The van der Waals surface area contributed by atoms with E-state index >= 15 is 0 Å². The van der Waals surface area contributed by atoms with Crippen molar-refractivity contribution in [3.8, 4) is 0 Å². The highest BCUT2D eigenvalue weighted by Crippen LogP contribution is 2.14. The van der Waals surface area contributed by atoms with E-state index in [2.05, 4.69) is 21.8 Å². The van der Waals surface area contributed by atoms with Gasteiger partial charge in [0.2, 0.25) is 0 Å². The molecule has 4 heterocycles. The summed E-state index contributed by atoms with van der Waals surface area (Å²) >= 11 is 0. The maximum absolute atomic E-state index is 12.7. The van der Waals surface area contributed by atoms with E-state index in [0.717, 1.165) is 31.8 Å². The number of aryl methyl sites for hydroxylation is 2. The summed E-state index contributed by atoms with van der Waals surface area (Å²) in [6.45, 7) is 8.41. The largest absolute Gasteiger partial charge is 0.378 e. The highest BCUT2D eigenvalue weighted by molar-refractivity contribution is 5.74. The number of hydrogen-bond donors (Lipinski definition) is 1. The van der Waals surface area contributed by atoms with E-state index in [4.69, 9.17) is 4.74 Å². The average Bonchev–Trinajstić information content (AvgIpc) is 3.10. The van der Waals surface area contributed by atoms with Gasteiger partial charge in [0.05, 0.1) is 19.8 Å². The number of hydrogen-bond acceptors (Lipinski definition) is 6. The number of aromatic amines is 1. The number of piperazine rings is 1. The summed E-state index contributed by atoms with van der Waals surface area (Å²) in [6.07, 6.45) is 1.78. The first-order valence-electron chi connectivity index (χ1n) is 11.0. The zero-order valence-electron chi connectivity index (χ0n) is 18.3. The van der Waals surface area contributed by atoms with Gasteiger partial charge in [0.15, 0.2) is 11.2 Å². The van der Waals surface area contributed by atoms with Crippen molar-refractivity contribution in [1.29, 1.82) is 0 Å². The number of fused-ring (bicyclic) bond motifs is 1. The van der Waals surface area contributed by atoms with Crippen LogP contribution in [0, 0.1) is 0 Å². The first-order valence-corrected chi connectivity index (χ1v) is 11.0. The number of unbranched alkanes of at least 4 members (excludes halogenated alkanes) is 1. The van der Waals surface area contributed by atoms with Crippen LogP contribution in [0.3, 0.4) is 0 Å². The molecule has 2 aromatic heterocycles. The topological polar surface area (TPSA) is 109 Å². The summed E-state index contributed by atoms with van der Waals surface area (Å²) < 4.78 is 8.66. The van der Waals surface area contributed by atoms with Gasteiger partial charge in [-0.25, -0.2) is 14.6 Å². The van der Waals surface area contributed by atoms with Crippen LogP contribution < -0.4 is 11.2 Å². The summed E-state index contributed by atoms with van der Waals surface area (Å²) in [4.78, 5) is 50.5. The summed E-state index contributed by atoms with van der Waals surface area (Å²) in [5.41, 5.74) is 0.0495. The Balaban J connectivity index is 1.46. The number of amides is 2. The Labute approximate surface area is 180 Å². The van der Waals surface area contributed by atoms with Crippen LogP contribution in [0.5, 0.6) is 0 Å². The van der Waals surface area contributed by atoms with Gasteiger partial charge in [0.25, 0.3) is 5.56 Å². The molecule has 2 saturated heterocycles. The van der Waals surface area contributed by atoms with Crippen LogP contribution in [0.4, 0.5) is 4.79 Å². The van der Waals surface area contributed by atoms with E-state index in [1.54, 1.807) is 9.13 Å². The molecule has 11 nitrogen and oxygen atoms in total. The molecule has 0 saturated carbocycles. The molecule has 1 N–H and O–H groups in total. The van der Waals surface area contributed by atoms with Gasteiger partial charge in [0, 0.05) is 52.9 Å². The summed E-state index contributed by atoms with van der Waals surface area (Å²) in [5.74, 6) is 0.740. The van der Waals surface area contributed by atoms with Crippen LogP contribution in [-0.2, 0) is 24.9 Å². The van der Waals surface area contributed by atoms with Crippen LogP contribution in [0.1, 0.15) is 25.6 Å². The molecular formula is C20H31N7O4. The first kappa shape index (κ1) is 21.6. The van der Waals surface area contributed by atoms with Crippen molar-refractivity contribution in [2.24, 2.45) is 7.05 Å². The number of nitrogens with one attached hydrogen (secondary N) is 1. The molecule has 4 rings (SSSR count). The molecule has 0 unspecified atom stereocenters. The minimum atomic E-state index is -0.411. The molecule has 0 spiro atoms. The van der Waals surface area contributed by atoms with Crippen molar-refractivity contribution < 1.29 is 9.53 Å². The van der Waals surface area contributed by atoms with Gasteiger partial charge in [-0.2, -0.15) is 0 Å². The summed E-state index contributed by atoms with van der Waals surface area (Å²) in [5, 5.41) is 0. The van der Waals surface area contributed by atoms with Crippen molar-refractivity contribution in [2.75, 3.05) is 52.5 Å². The monoisotopic (exact) mass is 433 g/mol. The predicted octanol–water partition coefficient (Wildman–Crippen LogP) is -0.207. The Bertz CT molecular complexity index is 1040. The van der Waals surface area contributed by atoms with E-state index in [9.17, 15) is 14.4 Å². The Morgan fingerprint density at radius 3 is 2.42 bits per heavy atom. The lowest BCUT2D eigenvalue weighted by Gasteiger charge is -2.38. The predicted molar refractivity (Wildman–Crippen MR) is 115 cm³/mol. The average molecular weight is 434 g/mol. The molecule has 2 amide bonds. The number of carbonyl (C=O) groups excluding carboxylic acids is 1. The lowest BCUT2D eigenvalue weighted by molar-refractivity contribution is 0.0371. The van der Waals surface area contributed by atoms with Crippen molar-refractivity contribution in [2.45, 2.75) is 32.9 Å². The van der Waals surface area contributed by atoms with Gasteiger partial charge in [-0.05, 0) is 6.42 Å². The summed E-state index contributed by atoms with van der Waals surface area (Å²) in [7, 11) is 1.81. The molecule has 0 aliphatic carbocycles. The van der Waals surface area contributed by atoms with Gasteiger partial charge in [-0.3, -0.25) is 19.2 Å². The molecule has 2 aliphatic heterocycles. The molecule has 2 fully saturated rings. The molecule has 31 heavy (non-hydrogen) atoms. The first-order chi connectivity index (χ1) is 15.0. The maximum atomic E-state index is 12.7. The van der Waals surface area contributed by atoms with Crippen LogP contribution in [0.15, 0.2) is 9.59 Å². The quantitative estimate of drug-likeness (QED) is 0.699. The molecule has 11 heteroatoms. The van der Waals surface area contributed by atoms with Crippen LogP contribution in [-0.4, -0.2) is 92.3 Å². The van der Waals surface area contributed by atoms with Gasteiger partial charge < -0.3 is 19.1 Å². The van der Waals surface area contributed by atoms with Crippen LogP contribution in [0.2, 0.25) is 0 Å². The lowest BCUT2D eigenvalue weighted by atomic mass is 10.3. The van der Waals surface area contributed by atoms with Gasteiger partial charge in [0.1, 0.15) is 5.82 Å². The minimum absolute atomic E-state index is 0.0807. The molecular weight excluding hydrogens is 402 g/mol. The zero-order chi connectivity index (χ0) is 22.0. The van der Waals surface area contributed by atoms with E-state index in [1.165, 1.54) is 0 Å². The van der Waals surface area contributed by atoms with Crippen LogP contribution >= 0.6 is 0 Å². The van der Waals surface area contributed by atoms with E-state index in [0.29, 0.717) is 63.6 Å². The van der Waals surface area contributed by atoms with E-state index in [-0.39, 0.29) is 6.03 Å². The Morgan fingerprint density at radius 2 is 1.74 bits per heavy atom. The molecule has 170 valence electrons. The molecule has 2 aromatic rings. The molecule has 0 bridgehead atoms. The second-order valence-corrected chi connectivity index (χ2v) is 8.17. The fraction of sp³-hybridized carbons (Fsp3) is 0.700. The number of nitrogens with zero attached hydrogens (tertiary/aromatic N) is 6. The second kappa shape index (κ2) is 9.23. The molecule has 2 aliphatic rings. The zero-order valence-corrected chi connectivity index (χ0v) is 18.3. The standard InChI is InChI=1S/C20H31N7O4/c1-3-4-5-27-17-16(18(28)22-19(27)29)23(2)15(21-17)14-24-6-8-25(9-7-24)20(30)26-10-12-31-13-11-26/h3-14H2,1-2H3,(H,22,28,29). The lowest BCUT2D eigenvalue weighted by Crippen LogP contribution is -2.54. The molecule has 0 radical (unpaired) electrons. The smallest absolute Gasteiger partial charge is 0.330 e. The second-order valence-electron chi connectivity index (χ2n) is 8.17. The number of rotatable bonds is 5. The third-order valence-electron chi connectivity index (χ3n) is 6.13. The van der Waals surface area contributed by atoms with Crippen molar-refractivity contribution in [3.05, 3.63) is 26.7 Å². The van der Waals surface area contributed by atoms with Crippen molar-refractivity contribution in [3.63, 3.8) is 0 Å². The third kappa shape index (κ3) is 4.38. The number of morpholine rings is 1. The molecule has 0 aromatic carbocycles. The number of urea groups is 1. The van der Waals surface area contributed by atoms with Gasteiger partial charge in [-0.15, -0.1) is 0 Å². The van der Waals surface area contributed by atoms with E-state index < -0.39 is 11.2 Å². The highest BCUT2D eigenvalue weighted by atomic mass is 16.5. The Kier molecular flexibility index (Phi) is 6.42.